The van der Waals surface area contributed by atoms with E-state index in [4.69, 9.17) is 0 Å². The SMILES string of the molecule is FC(F)(F)CN(c1ccncc1CNC1CC1)C1CC1. The monoisotopic (exact) mass is 285 g/mol. The number of pyridine rings is 1. The summed E-state index contributed by atoms with van der Waals surface area (Å²) in [6.45, 7) is -0.285. The molecule has 3 nitrogen and oxygen atoms in total. The number of hydrogen-bond acceptors (Lipinski definition) is 3. The molecule has 0 spiro atoms. The highest BCUT2D eigenvalue weighted by Crippen LogP contribution is 2.36. The molecule has 110 valence electrons. The van der Waals surface area contributed by atoms with Crippen LogP contribution in [0.4, 0.5) is 18.9 Å². The lowest BCUT2D eigenvalue weighted by atomic mass is 10.2. The molecule has 0 aliphatic heterocycles. The third kappa shape index (κ3) is 3.62. The van der Waals surface area contributed by atoms with E-state index in [2.05, 4.69) is 10.3 Å². The molecule has 1 aromatic heterocycles. The van der Waals surface area contributed by atoms with Crippen molar-refractivity contribution >= 4 is 5.69 Å². The number of rotatable bonds is 6. The van der Waals surface area contributed by atoms with Crippen LogP contribution in [0.3, 0.4) is 0 Å². The lowest BCUT2D eigenvalue weighted by Crippen LogP contribution is -2.37. The van der Waals surface area contributed by atoms with Gasteiger partial charge in [0.2, 0.25) is 0 Å². The molecular weight excluding hydrogens is 267 g/mol. The number of hydrogen-bond donors (Lipinski definition) is 1. The Morgan fingerprint density at radius 3 is 2.60 bits per heavy atom. The third-order valence-electron chi connectivity index (χ3n) is 3.68. The number of halogens is 3. The van der Waals surface area contributed by atoms with Crippen molar-refractivity contribution < 1.29 is 13.2 Å². The zero-order valence-electron chi connectivity index (χ0n) is 11.2. The Morgan fingerprint density at radius 2 is 2.00 bits per heavy atom. The maximum Gasteiger partial charge on any atom is 0.405 e. The molecule has 6 heteroatoms. The van der Waals surface area contributed by atoms with Crippen LogP contribution in [0, 0.1) is 0 Å². The average molecular weight is 285 g/mol. The fraction of sp³-hybridized carbons (Fsp3) is 0.643. The normalized spacial score (nSPS) is 19.1. The summed E-state index contributed by atoms with van der Waals surface area (Å²) in [4.78, 5) is 5.55. The van der Waals surface area contributed by atoms with Gasteiger partial charge in [0.25, 0.3) is 0 Å². The van der Waals surface area contributed by atoms with E-state index in [0.717, 1.165) is 31.2 Å². The van der Waals surface area contributed by atoms with Gasteiger partial charge in [-0.15, -0.1) is 0 Å². The molecule has 0 aromatic carbocycles. The lowest BCUT2D eigenvalue weighted by molar-refractivity contribution is -0.120. The number of anilines is 1. The zero-order chi connectivity index (χ0) is 14.2. The molecule has 2 saturated carbocycles. The third-order valence-corrected chi connectivity index (χ3v) is 3.68. The highest BCUT2D eigenvalue weighted by Gasteiger charge is 2.39. The first-order valence-electron chi connectivity index (χ1n) is 7.02. The van der Waals surface area contributed by atoms with Crippen molar-refractivity contribution in [2.45, 2.75) is 50.5 Å². The van der Waals surface area contributed by atoms with E-state index in [1.807, 2.05) is 0 Å². The van der Waals surface area contributed by atoms with Crippen LogP contribution in [-0.4, -0.2) is 29.8 Å². The molecule has 20 heavy (non-hydrogen) atoms. The fourth-order valence-corrected chi connectivity index (χ4v) is 2.37. The maximum absolute atomic E-state index is 12.8. The van der Waals surface area contributed by atoms with Gasteiger partial charge in [-0.3, -0.25) is 4.98 Å². The Labute approximate surface area is 116 Å². The van der Waals surface area contributed by atoms with Gasteiger partial charge < -0.3 is 10.2 Å². The first kappa shape index (κ1) is 13.7. The summed E-state index contributed by atoms with van der Waals surface area (Å²) < 4.78 is 38.3. The molecule has 3 rings (SSSR count). The van der Waals surface area contributed by atoms with Crippen molar-refractivity contribution in [1.29, 1.82) is 0 Å². The summed E-state index contributed by atoms with van der Waals surface area (Å²) in [5.74, 6) is 0. The molecule has 0 atom stereocenters. The predicted octanol–water partition coefficient (Wildman–Crippen LogP) is 2.86. The number of alkyl halides is 3. The molecule has 1 aromatic rings. The highest BCUT2D eigenvalue weighted by molar-refractivity contribution is 5.54. The molecule has 0 amide bonds. The first-order valence-corrected chi connectivity index (χ1v) is 7.02. The second kappa shape index (κ2) is 5.24. The Hall–Kier alpha value is -1.30. The van der Waals surface area contributed by atoms with Crippen molar-refractivity contribution in [2.75, 3.05) is 11.4 Å². The molecule has 0 unspecified atom stereocenters. The van der Waals surface area contributed by atoms with Gasteiger partial charge in [0.05, 0.1) is 0 Å². The van der Waals surface area contributed by atoms with Gasteiger partial charge in [-0.05, 0) is 31.7 Å². The van der Waals surface area contributed by atoms with Crippen LogP contribution < -0.4 is 10.2 Å². The number of nitrogens with zero attached hydrogens (tertiary/aromatic N) is 2. The van der Waals surface area contributed by atoms with E-state index in [-0.39, 0.29) is 6.04 Å². The standard InChI is InChI=1S/C14H18F3N3/c15-14(16,17)9-20(12-3-4-12)13-5-6-18-7-10(13)8-19-11-1-2-11/h5-7,11-12,19H,1-4,8-9H2. The van der Waals surface area contributed by atoms with E-state index in [9.17, 15) is 13.2 Å². The Kier molecular flexibility index (Phi) is 3.58. The minimum Gasteiger partial charge on any atom is -0.359 e. The molecule has 2 fully saturated rings. The molecule has 0 bridgehead atoms. The van der Waals surface area contributed by atoms with Crippen LogP contribution >= 0.6 is 0 Å². The number of nitrogens with one attached hydrogen (secondary N) is 1. The first-order chi connectivity index (χ1) is 9.53. The quantitative estimate of drug-likeness (QED) is 0.871. The summed E-state index contributed by atoms with van der Waals surface area (Å²) in [5, 5.41) is 3.34. The lowest BCUT2D eigenvalue weighted by Gasteiger charge is -2.28. The largest absolute Gasteiger partial charge is 0.405 e. The smallest absolute Gasteiger partial charge is 0.359 e. The van der Waals surface area contributed by atoms with Gasteiger partial charge in [-0.2, -0.15) is 13.2 Å². The van der Waals surface area contributed by atoms with Gasteiger partial charge in [-0.1, -0.05) is 0 Å². The van der Waals surface area contributed by atoms with Crippen LogP contribution in [0.25, 0.3) is 0 Å². The van der Waals surface area contributed by atoms with Crippen molar-refractivity contribution in [1.82, 2.24) is 10.3 Å². The molecule has 2 aliphatic rings. The van der Waals surface area contributed by atoms with Crippen LogP contribution in [0.2, 0.25) is 0 Å². The molecule has 2 aliphatic carbocycles. The van der Waals surface area contributed by atoms with Crippen LogP contribution in [0.15, 0.2) is 18.5 Å². The Morgan fingerprint density at radius 1 is 1.25 bits per heavy atom. The van der Waals surface area contributed by atoms with E-state index in [0.29, 0.717) is 18.3 Å². The van der Waals surface area contributed by atoms with E-state index < -0.39 is 12.7 Å². The van der Waals surface area contributed by atoms with Crippen LogP contribution in [0.1, 0.15) is 31.2 Å². The van der Waals surface area contributed by atoms with Gasteiger partial charge in [-0.25, -0.2) is 0 Å². The van der Waals surface area contributed by atoms with Crippen LogP contribution in [0.5, 0.6) is 0 Å². The van der Waals surface area contributed by atoms with Gasteiger partial charge in [0.15, 0.2) is 0 Å². The summed E-state index contributed by atoms with van der Waals surface area (Å²) in [5.41, 5.74) is 1.53. The second-order valence-corrected chi connectivity index (χ2v) is 5.63. The van der Waals surface area contributed by atoms with Crippen molar-refractivity contribution in [3.8, 4) is 0 Å². The van der Waals surface area contributed by atoms with Gasteiger partial charge >= 0.3 is 6.18 Å². The van der Waals surface area contributed by atoms with Crippen molar-refractivity contribution in [2.24, 2.45) is 0 Å². The minimum atomic E-state index is -4.17. The van der Waals surface area contributed by atoms with Gasteiger partial charge in [0, 0.05) is 42.3 Å². The van der Waals surface area contributed by atoms with Gasteiger partial charge in [0.1, 0.15) is 6.54 Å². The van der Waals surface area contributed by atoms with Crippen molar-refractivity contribution in [3.63, 3.8) is 0 Å². The molecule has 0 saturated heterocycles. The highest BCUT2D eigenvalue weighted by atomic mass is 19.4. The second-order valence-electron chi connectivity index (χ2n) is 5.63. The molecular formula is C14H18F3N3. The van der Waals surface area contributed by atoms with E-state index in [1.165, 1.54) is 4.90 Å². The predicted molar refractivity (Wildman–Crippen MR) is 70.5 cm³/mol. The van der Waals surface area contributed by atoms with E-state index >= 15 is 0 Å². The summed E-state index contributed by atoms with van der Waals surface area (Å²) in [6, 6.07) is 2.26. The molecule has 1 heterocycles. The topological polar surface area (TPSA) is 28.2 Å². The summed E-state index contributed by atoms with van der Waals surface area (Å²) >= 11 is 0. The van der Waals surface area contributed by atoms with E-state index in [1.54, 1.807) is 18.5 Å². The minimum absolute atomic E-state index is 0.0266. The summed E-state index contributed by atoms with van der Waals surface area (Å²) in [7, 11) is 0. The maximum atomic E-state index is 12.8. The number of aromatic nitrogens is 1. The summed E-state index contributed by atoms with van der Waals surface area (Å²) in [6.07, 6.45) is 3.07. The Bertz CT molecular complexity index is 467. The molecule has 0 radical (unpaired) electrons. The Balaban J connectivity index is 1.77. The van der Waals surface area contributed by atoms with Crippen LogP contribution in [-0.2, 0) is 6.54 Å². The average Bonchev–Trinajstić information content (AvgIpc) is 3.27. The molecule has 1 N–H and O–H groups in total. The zero-order valence-corrected chi connectivity index (χ0v) is 11.2. The van der Waals surface area contributed by atoms with Crippen molar-refractivity contribution in [3.05, 3.63) is 24.0 Å². The fourth-order valence-electron chi connectivity index (χ4n) is 2.37.